The average Bonchev–Trinajstić information content (AvgIpc) is 2.62. The summed E-state index contributed by atoms with van der Waals surface area (Å²) in [5.74, 6) is 1.86. The highest BCUT2D eigenvalue weighted by Gasteiger charge is 2.06. The molecule has 1 aromatic heterocycles. The molecule has 0 unspecified atom stereocenters. The molecule has 2 aromatic carbocycles. The number of aryl methyl sites for hydroxylation is 2. The summed E-state index contributed by atoms with van der Waals surface area (Å²) in [6.45, 7) is 4.06. The molecule has 1 heterocycles. The molecule has 0 spiro atoms. The number of aromatic nitrogens is 2. The molecule has 0 fully saturated rings. The monoisotopic (exact) mass is 368 g/mol. The first kappa shape index (κ1) is 18.0. The van der Waals surface area contributed by atoms with Crippen molar-refractivity contribution >= 4 is 34.7 Å². The van der Waals surface area contributed by atoms with Gasteiger partial charge in [-0.25, -0.2) is 4.98 Å². The summed E-state index contributed by atoms with van der Waals surface area (Å²) >= 11 is 6.18. The maximum Gasteiger partial charge on any atom is 0.229 e. The molecule has 6 heteroatoms. The number of benzene rings is 2. The third kappa shape index (κ3) is 4.43. The van der Waals surface area contributed by atoms with E-state index in [1.165, 1.54) is 5.56 Å². The van der Waals surface area contributed by atoms with Gasteiger partial charge in [-0.15, -0.1) is 0 Å². The second kappa shape index (κ2) is 8.06. The van der Waals surface area contributed by atoms with Crippen LogP contribution in [0, 0.1) is 6.92 Å². The molecule has 0 amide bonds. The molecule has 3 aromatic rings. The van der Waals surface area contributed by atoms with Gasteiger partial charge < -0.3 is 15.4 Å². The Balaban J connectivity index is 1.79. The molecule has 0 aliphatic rings. The van der Waals surface area contributed by atoms with Gasteiger partial charge in [-0.2, -0.15) is 4.98 Å². The molecule has 5 nitrogen and oxygen atoms in total. The summed E-state index contributed by atoms with van der Waals surface area (Å²) in [4.78, 5) is 8.98. The second-order valence-corrected chi connectivity index (χ2v) is 6.28. The Bertz CT molecular complexity index is 897. The van der Waals surface area contributed by atoms with Crippen LogP contribution in [0.4, 0.5) is 23.1 Å². The summed E-state index contributed by atoms with van der Waals surface area (Å²) in [6, 6.07) is 15.6. The predicted molar refractivity (Wildman–Crippen MR) is 107 cm³/mol. The molecular formula is C20H21ClN4O. The zero-order valence-corrected chi connectivity index (χ0v) is 15.8. The molecule has 0 saturated heterocycles. The first-order valence-electron chi connectivity index (χ1n) is 8.39. The van der Waals surface area contributed by atoms with Gasteiger partial charge in [0.1, 0.15) is 11.6 Å². The largest absolute Gasteiger partial charge is 0.495 e. The van der Waals surface area contributed by atoms with Crippen molar-refractivity contribution in [1.29, 1.82) is 0 Å². The van der Waals surface area contributed by atoms with Crippen LogP contribution in [0.3, 0.4) is 0 Å². The van der Waals surface area contributed by atoms with Crippen molar-refractivity contribution < 1.29 is 4.74 Å². The van der Waals surface area contributed by atoms with Crippen LogP contribution < -0.4 is 15.4 Å². The number of halogens is 1. The minimum absolute atomic E-state index is 0.538. The van der Waals surface area contributed by atoms with Crippen LogP contribution >= 0.6 is 11.6 Å². The van der Waals surface area contributed by atoms with Crippen molar-refractivity contribution in [3.8, 4) is 5.75 Å². The van der Waals surface area contributed by atoms with Crippen LogP contribution in [-0.2, 0) is 6.42 Å². The Morgan fingerprint density at radius 1 is 0.962 bits per heavy atom. The fourth-order valence-corrected chi connectivity index (χ4v) is 2.79. The molecule has 0 aliphatic carbocycles. The molecule has 0 bridgehead atoms. The Kier molecular flexibility index (Phi) is 5.58. The first-order valence-corrected chi connectivity index (χ1v) is 8.77. The Labute approximate surface area is 158 Å². The van der Waals surface area contributed by atoms with E-state index in [2.05, 4.69) is 39.7 Å². The van der Waals surface area contributed by atoms with Crippen molar-refractivity contribution in [3.05, 3.63) is 64.8 Å². The van der Waals surface area contributed by atoms with Crippen LogP contribution in [0.2, 0.25) is 5.02 Å². The van der Waals surface area contributed by atoms with Gasteiger partial charge in [0.25, 0.3) is 0 Å². The van der Waals surface area contributed by atoms with Crippen LogP contribution in [0.5, 0.6) is 5.75 Å². The number of nitrogens with zero attached hydrogens (tertiary/aromatic N) is 2. The standard InChI is InChI=1S/C20H21ClN4O/c1-4-14-5-7-15(8-6-14)24-20-22-13(2)11-19(25-20)23-16-9-10-18(26-3)17(21)12-16/h5-12H,4H2,1-3H3,(H2,22,23,24,25). The van der Waals surface area contributed by atoms with Crippen molar-refractivity contribution in [1.82, 2.24) is 9.97 Å². The van der Waals surface area contributed by atoms with Crippen molar-refractivity contribution in [3.63, 3.8) is 0 Å². The molecule has 3 rings (SSSR count). The Hall–Kier alpha value is -2.79. The number of hydrogen-bond donors (Lipinski definition) is 2. The normalized spacial score (nSPS) is 10.5. The van der Waals surface area contributed by atoms with Crippen LogP contribution in [0.1, 0.15) is 18.2 Å². The number of ether oxygens (including phenoxy) is 1. The topological polar surface area (TPSA) is 59.1 Å². The van der Waals surface area contributed by atoms with E-state index in [4.69, 9.17) is 16.3 Å². The van der Waals surface area contributed by atoms with E-state index in [9.17, 15) is 0 Å². The van der Waals surface area contributed by atoms with Gasteiger partial charge in [0.15, 0.2) is 0 Å². The van der Waals surface area contributed by atoms with Crippen molar-refractivity contribution in [2.45, 2.75) is 20.3 Å². The van der Waals surface area contributed by atoms with E-state index in [1.54, 1.807) is 13.2 Å². The fourth-order valence-electron chi connectivity index (χ4n) is 2.53. The molecule has 26 heavy (non-hydrogen) atoms. The van der Waals surface area contributed by atoms with Gasteiger partial charge >= 0.3 is 0 Å². The van der Waals surface area contributed by atoms with Crippen molar-refractivity contribution in [2.24, 2.45) is 0 Å². The molecule has 2 N–H and O–H groups in total. The zero-order valence-electron chi connectivity index (χ0n) is 15.0. The summed E-state index contributed by atoms with van der Waals surface area (Å²) in [6.07, 6.45) is 1.01. The van der Waals surface area contributed by atoms with Gasteiger partial charge in [-0.3, -0.25) is 0 Å². The van der Waals surface area contributed by atoms with Gasteiger partial charge in [0, 0.05) is 23.1 Å². The maximum atomic E-state index is 6.18. The molecule has 134 valence electrons. The van der Waals surface area contributed by atoms with Gasteiger partial charge in [0.05, 0.1) is 12.1 Å². The van der Waals surface area contributed by atoms with Gasteiger partial charge in [0.2, 0.25) is 5.95 Å². The first-order chi connectivity index (χ1) is 12.6. The quantitative estimate of drug-likeness (QED) is 0.601. The third-order valence-corrected chi connectivity index (χ3v) is 4.19. The van der Waals surface area contributed by atoms with Crippen molar-refractivity contribution in [2.75, 3.05) is 17.7 Å². The van der Waals surface area contributed by atoms with Crippen LogP contribution in [0.15, 0.2) is 48.5 Å². The zero-order chi connectivity index (χ0) is 18.5. The number of anilines is 4. The Morgan fingerprint density at radius 3 is 2.35 bits per heavy atom. The van der Waals surface area contributed by atoms with Gasteiger partial charge in [-0.1, -0.05) is 30.7 Å². The lowest BCUT2D eigenvalue weighted by molar-refractivity contribution is 0.415. The SMILES string of the molecule is CCc1ccc(Nc2nc(C)cc(Nc3ccc(OC)c(Cl)c3)n2)cc1. The number of hydrogen-bond acceptors (Lipinski definition) is 5. The lowest BCUT2D eigenvalue weighted by Crippen LogP contribution is -2.02. The van der Waals surface area contributed by atoms with E-state index >= 15 is 0 Å². The molecule has 0 aliphatic heterocycles. The van der Waals surface area contributed by atoms with E-state index in [0.717, 1.165) is 23.5 Å². The average molecular weight is 369 g/mol. The summed E-state index contributed by atoms with van der Waals surface area (Å²) < 4.78 is 5.18. The highest BCUT2D eigenvalue weighted by atomic mass is 35.5. The van der Waals surface area contributed by atoms with Crippen LogP contribution in [-0.4, -0.2) is 17.1 Å². The smallest absolute Gasteiger partial charge is 0.229 e. The number of methoxy groups -OCH3 is 1. The molecule has 0 radical (unpaired) electrons. The van der Waals surface area contributed by atoms with Crippen LogP contribution in [0.25, 0.3) is 0 Å². The summed E-state index contributed by atoms with van der Waals surface area (Å²) in [5, 5.41) is 7.03. The lowest BCUT2D eigenvalue weighted by Gasteiger charge is -2.11. The number of rotatable bonds is 6. The summed E-state index contributed by atoms with van der Waals surface area (Å²) in [5.41, 5.74) is 3.92. The predicted octanol–water partition coefficient (Wildman–Crippen LogP) is 5.50. The van der Waals surface area contributed by atoms with E-state index in [1.807, 2.05) is 37.3 Å². The van der Waals surface area contributed by atoms with E-state index < -0.39 is 0 Å². The number of nitrogens with one attached hydrogen (secondary N) is 2. The Morgan fingerprint density at radius 2 is 1.69 bits per heavy atom. The molecule has 0 saturated carbocycles. The third-order valence-electron chi connectivity index (χ3n) is 3.90. The highest BCUT2D eigenvalue weighted by Crippen LogP contribution is 2.29. The van der Waals surface area contributed by atoms with E-state index in [0.29, 0.717) is 22.5 Å². The minimum Gasteiger partial charge on any atom is -0.495 e. The minimum atomic E-state index is 0.538. The lowest BCUT2D eigenvalue weighted by atomic mass is 10.1. The maximum absolute atomic E-state index is 6.18. The fraction of sp³-hybridized carbons (Fsp3) is 0.200. The van der Waals surface area contributed by atoms with Gasteiger partial charge in [-0.05, 0) is 49.2 Å². The second-order valence-electron chi connectivity index (χ2n) is 5.87. The van der Waals surface area contributed by atoms with E-state index in [-0.39, 0.29) is 0 Å². The summed E-state index contributed by atoms with van der Waals surface area (Å²) in [7, 11) is 1.59. The highest BCUT2D eigenvalue weighted by molar-refractivity contribution is 6.32. The molecule has 0 atom stereocenters. The molecular weight excluding hydrogens is 348 g/mol.